The molecule has 0 bridgehead atoms. The van der Waals surface area contributed by atoms with Crippen LogP contribution in [0.2, 0.25) is 5.15 Å². The highest BCUT2D eigenvalue weighted by molar-refractivity contribution is 6.29. The van der Waals surface area contributed by atoms with Gasteiger partial charge in [-0.15, -0.1) is 0 Å². The van der Waals surface area contributed by atoms with Crippen LogP contribution in [0, 0.1) is 0 Å². The van der Waals surface area contributed by atoms with E-state index >= 15 is 0 Å². The third-order valence-corrected chi connectivity index (χ3v) is 2.80. The average Bonchev–Trinajstić information content (AvgIpc) is 2.76. The number of halogens is 3. The maximum atomic E-state index is 12.8. The lowest BCUT2D eigenvalue weighted by molar-refractivity contribution is 0.0505. The molecule has 0 radical (unpaired) electrons. The Balaban J connectivity index is 2.44. The molecule has 0 fully saturated rings. The van der Waals surface area contributed by atoms with Crippen molar-refractivity contribution in [2.24, 2.45) is 0 Å². The molecule has 0 aliphatic carbocycles. The van der Waals surface area contributed by atoms with Crippen molar-refractivity contribution < 1.29 is 13.3 Å². The molecule has 0 spiro atoms. The minimum atomic E-state index is -2.65. The number of nitrogens with zero attached hydrogens (tertiary/aromatic N) is 2. The van der Waals surface area contributed by atoms with Crippen molar-refractivity contribution in [3.8, 4) is 11.4 Å². The fraction of sp³-hybridized carbons (Fsp3) is 0.364. The van der Waals surface area contributed by atoms with Gasteiger partial charge in [-0.25, -0.2) is 8.78 Å². The fourth-order valence-electron chi connectivity index (χ4n) is 1.33. The Morgan fingerprint density at radius 1 is 1.42 bits per heavy atom. The molecule has 0 atom stereocenters. The summed E-state index contributed by atoms with van der Waals surface area (Å²) in [5.74, 6) is -0.161. The van der Waals surface area contributed by atoms with Crippen LogP contribution in [0.25, 0.3) is 11.4 Å². The van der Waals surface area contributed by atoms with Crippen LogP contribution in [0.3, 0.4) is 0 Å². The van der Waals surface area contributed by atoms with E-state index in [9.17, 15) is 13.6 Å². The molecule has 0 aliphatic heterocycles. The van der Waals surface area contributed by atoms with Crippen LogP contribution in [-0.4, -0.2) is 21.6 Å². The molecule has 2 aromatic rings. The molecule has 8 heteroatoms. The minimum Gasteiger partial charge on any atom is -0.338 e. The van der Waals surface area contributed by atoms with E-state index in [0.29, 0.717) is 5.56 Å². The van der Waals surface area contributed by atoms with Crippen molar-refractivity contribution in [3.63, 3.8) is 0 Å². The second-order valence-electron chi connectivity index (χ2n) is 4.53. The Morgan fingerprint density at radius 3 is 2.68 bits per heavy atom. The van der Waals surface area contributed by atoms with Crippen LogP contribution in [0.15, 0.2) is 21.5 Å². The zero-order valence-electron chi connectivity index (χ0n) is 10.1. The molecule has 2 heterocycles. The Kier molecular flexibility index (Phi) is 3.40. The van der Waals surface area contributed by atoms with Gasteiger partial charge in [0.2, 0.25) is 17.3 Å². The van der Waals surface area contributed by atoms with Gasteiger partial charge >= 0.3 is 0 Å². The standard InChI is InChI=1S/C11H10ClF2N3O2/c1-11(2,9(13)14)10-16-8(17-19-10)5-3-6(12)15-7(18)4-5/h3-4,9H,1-2H3,(H,15,18). The van der Waals surface area contributed by atoms with Gasteiger partial charge in [-0.1, -0.05) is 16.8 Å². The second-order valence-corrected chi connectivity index (χ2v) is 4.93. The first kappa shape index (κ1) is 13.7. The van der Waals surface area contributed by atoms with Gasteiger partial charge < -0.3 is 9.51 Å². The number of hydrogen-bond acceptors (Lipinski definition) is 4. The van der Waals surface area contributed by atoms with Crippen molar-refractivity contribution in [2.45, 2.75) is 25.7 Å². The molecule has 2 rings (SSSR count). The monoisotopic (exact) mass is 289 g/mol. The van der Waals surface area contributed by atoms with Crippen molar-refractivity contribution in [1.29, 1.82) is 0 Å². The number of aromatic amines is 1. The zero-order valence-corrected chi connectivity index (χ0v) is 10.8. The number of rotatable bonds is 3. The third-order valence-electron chi connectivity index (χ3n) is 2.59. The Hall–Kier alpha value is -1.76. The number of nitrogens with one attached hydrogen (secondary N) is 1. The number of aromatic nitrogens is 3. The van der Waals surface area contributed by atoms with Crippen LogP contribution < -0.4 is 5.56 Å². The molecule has 0 saturated heterocycles. The first-order valence-corrected chi connectivity index (χ1v) is 5.71. The van der Waals surface area contributed by atoms with Crippen LogP contribution in [0.1, 0.15) is 19.7 Å². The summed E-state index contributed by atoms with van der Waals surface area (Å²) in [4.78, 5) is 17.5. The molecular weight excluding hydrogens is 280 g/mol. The largest absolute Gasteiger partial charge is 0.338 e. The lowest BCUT2D eigenvalue weighted by Gasteiger charge is -2.17. The minimum absolute atomic E-state index is 0.0386. The molecule has 102 valence electrons. The van der Waals surface area contributed by atoms with E-state index < -0.39 is 17.4 Å². The quantitative estimate of drug-likeness (QED) is 0.882. The summed E-state index contributed by atoms with van der Waals surface area (Å²) in [6, 6.07) is 2.61. The summed E-state index contributed by atoms with van der Waals surface area (Å²) in [6.45, 7) is 2.58. The first-order chi connectivity index (χ1) is 8.80. The number of H-pyrrole nitrogens is 1. The molecule has 0 aliphatic rings. The average molecular weight is 290 g/mol. The van der Waals surface area contributed by atoms with E-state index in [1.807, 2.05) is 0 Å². The highest BCUT2D eigenvalue weighted by Crippen LogP contribution is 2.30. The molecule has 5 nitrogen and oxygen atoms in total. The van der Waals surface area contributed by atoms with E-state index in [2.05, 4.69) is 15.1 Å². The van der Waals surface area contributed by atoms with Gasteiger partial charge in [0.25, 0.3) is 6.43 Å². The molecule has 0 aromatic carbocycles. The SMILES string of the molecule is CC(C)(c1nc(-c2cc(Cl)[nH]c(=O)c2)no1)C(F)F. The predicted octanol–water partition coefficient (Wildman–Crippen LogP) is 2.62. The lowest BCUT2D eigenvalue weighted by atomic mass is 9.94. The van der Waals surface area contributed by atoms with Gasteiger partial charge in [0.15, 0.2) is 0 Å². The summed E-state index contributed by atoms with van der Waals surface area (Å²) in [7, 11) is 0. The van der Waals surface area contributed by atoms with Gasteiger partial charge in [0, 0.05) is 11.6 Å². The number of pyridine rings is 1. The number of hydrogen-bond donors (Lipinski definition) is 1. The summed E-state index contributed by atoms with van der Waals surface area (Å²) in [5.41, 5.74) is -1.70. The Bertz CT molecular complexity index is 651. The van der Waals surface area contributed by atoms with Crippen LogP contribution >= 0.6 is 11.6 Å². The van der Waals surface area contributed by atoms with Crippen molar-refractivity contribution >= 4 is 11.6 Å². The predicted molar refractivity (Wildman–Crippen MR) is 64.4 cm³/mol. The second kappa shape index (κ2) is 4.73. The fourth-order valence-corrected chi connectivity index (χ4v) is 1.54. The van der Waals surface area contributed by atoms with E-state index in [1.165, 1.54) is 26.0 Å². The normalized spacial score (nSPS) is 12.1. The van der Waals surface area contributed by atoms with E-state index in [4.69, 9.17) is 16.1 Å². The first-order valence-electron chi connectivity index (χ1n) is 5.33. The molecule has 19 heavy (non-hydrogen) atoms. The Labute approximate surface area is 111 Å². The molecule has 1 N–H and O–H groups in total. The van der Waals surface area contributed by atoms with Crippen LogP contribution in [0.4, 0.5) is 8.78 Å². The van der Waals surface area contributed by atoms with Gasteiger partial charge in [-0.05, 0) is 19.9 Å². The number of alkyl halides is 2. The van der Waals surface area contributed by atoms with E-state index in [0.717, 1.165) is 0 Å². The molecular formula is C11H10ClF2N3O2. The van der Waals surface area contributed by atoms with E-state index in [1.54, 1.807) is 0 Å². The topological polar surface area (TPSA) is 71.8 Å². The maximum Gasteiger partial charge on any atom is 0.252 e. The van der Waals surface area contributed by atoms with Crippen molar-refractivity contribution in [3.05, 3.63) is 33.5 Å². The van der Waals surface area contributed by atoms with Crippen LogP contribution in [0.5, 0.6) is 0 Å². The van der Waals surface area contributed by atoms with Gasteiger partial charge in [0.05, 0.1) is 0 Å². The summed E-state index contributed by atoms with van der Waals surface area (Å²) in [5, 5.41) is 3.69. The van der Waals surface area contributed by atoms with Crippen molar-refractivity contribution in [2.75, 3.05) is 0 Å². The van der Waals surface area contributed by atoms with Crippen molar-refractivity contribution in [1.82, 2.24) is 15.1 Å². The van der Waals surface area contributed by atoms with Gasteiger partial charge in [-0.3, -0.25) is 4.79 Å². The van der Waals surface area contributed by atoms with Crippen LogP contribution in [-0.2, 0) is 5.41 Å². The van der Waals surface area contributed by atoms with Gasteiger partial charge in [-0.2, -0.15) is 4.98 Å². The summed E-state index contributed by atoms with van der Waals surface area (Å²) in [6.07, 6.45) is -2.65. The van der Waals surface area contributed by atoms with Gasteiger partial charge in [0.1, 0.15) is 10.6 Å². The molecule has 0 amide bonds. The molecule has 0 unspecified atom stereocenters. The summed E-state index contributed by atoms with van der Waals surface area (Å²) < 4.78 is 30.5. The zero-order chi connectivity index (χ0) is 14.2. The van der Waals surface area contributed by atoms with E-state index in [-0.39, 0.29) is 16.9 Å². The summed E-state index contributed by atoms with van der Waals surface area (Å²) >= 11 is 5.69. The lowest BCUT2D eigenvalue weighted by Crippen LogP contribution is -2.27. The third kappa shape index (κ3) is 2.65. The Morgan fingerprint density at radius 2 is 2.11 bits per heavy atom. The highest BCUT2D eigenvalue weighted by atomic mass is 35.5. The molecule has 0 saturated carbocycles. The smallest absolute Gasteiger partial charge is 0.252 e. The highest BCUT2D eigenvalue weighted by Gasteiger charge is 2.37. The molecule has 2 aromatic heterocycles. The maximum absolute atomic E-state index is 12.8.